The summed E-state index contributed by atoms with van der Waals surface area (Å²) in [5, 5.41) is 14.4. The van der Waals surface area contributed by atoms with Crippen molar-refractivity contribution in [3.63, 3.8) is 0 Å². The van der Waals surface area contributed by atoms with Gasteiger partial charge in [-0.2, -0.15) is 15.0 Å². The van der Waals surface area contributed by atoms with Gasteiger partial charge in [-0.1, -0.05) is 72.8 Å². The van der Waals surface area contributed by atoms with E-state index in [2.05, 4.69) is 67.3 Å². The van der Waals surface area contributed by atoms with Crippen LogP contribution in [0.1, 0.15) is 0 Å². The Labute approximate surface area is 208 Å². The normalized spacial score (nSPS) is 10.9. The highest BCUT2D eigenvalue weighted by atomic mass is 15.3. The minimum Gasteiger partial charge on any atom is -0.399 e. The topological polar surface area (TPSA) is 101 Å². The first-order chi connectivity index (χ1) is 17.7. The maximum atomic E-state index is 5.84. The third-order valence-electron chi connectivity index (χ3n) is 5.87. The maximum absolute atomic E-state index is 5.84. The van der Waals surface area contributed by atoms with E-state index in [1.54, 1.807) is 0 Å². The number of benzene rings is 5. The van der Waals surface area contributed by atoms with Crippen LogP contribution in [0.3, 0.4) is 0 Å². The molecule has 0 aliphatic rings. The van der Waals surface area contributed by atoms with Crippen molar-refractivity contribution in [1.29, 1.82) is 0 Å². The van der Waals surface area contributed by atoms with Gasteiger partial charge < -0.3 is 21.7 Å². The van der Waals surface area contributed by atoms with E-state index in [0.717, 1.165) is 38.6 Å². The summed E-state index contributed by atoms with van der Waals surface area (Å²) in [6.07, 6.45) is 0. The van der Waals surface area contributed by atoms with Gasteiger partial charge in [-0.05, 0) is 47.2 Å². The zero-order valence-electron chi connectivity index (χ0n) is 19.3. The van der Waals surface area contributed by atoms with Crippen LogP contribution in [0.2, 0.25) is 0 Å². The van der Waals surface area contributed by atoms with Gasteiger partial charge in [0.15, 0.2) is 0 Å². The summed E-state index contributed by atoms with van der Waals surface area (Å²) in [6, 6.07) is 36.0. The second-order valence-electron chi connectivity index (χ2n) is 8.36. The minimum atomic E-state index is 0.403. The maximum Gasteiger partial charge on any atom is 0.233 e. The molecule has 0 fully saturated rings. The molecule has 0 amide bonds. The fraction of sp³-hybridized carbons (Fsp3) is 0. The first-order valence-electron chi connectivity index (χ1n) is 11.6. The van der Waals surface area contributed by atoms with Crippen LogP contribution in [0.5, 0.6) is 0 Å². The summed E-state index contributed by atoms with van der Waals surface area (Å²) in [7, 11) is 0. The smallest absolute Gasteiger partial charge is 0.233 e. The summed E-state index contributed by atoms with van der Waals surface area (Å²) in [5.41, 5.74) is 9.17. The molecule has 0 spiro atoms. The fourth-order valence-corrected chi connectivity index (χ4v) is 4.15. The fourth-order valence-electron chi connectivity index (χ4n) is 4.15. The molecule has 0 atom stereocenters. The van der Waals surface area contributed by atoms with Crippen molar-refractivity contribution in [2.45, 2.75) is 0 Å². The van der Waals surface area contributed by atoms with E-state index in [0.29, 0.717) is 23.5 Å². The molecule has 5 aromatic carbocycles. The Hall–Kier alpha value is -5.17. The average molecular weight is 470 g/mol. The molecule has 1 heterocycles. The molecule has 0 bridgehead atoms. The number of hydrogen-bond acceptors (Lipinski definition) is 7. The quantitative estimate of drug-likeness (QED) is 0.195. The largest absolute Gasteiger partial charge is 0.399 e. The van der Waals surface area contributed by atoms with E-state index in [1.165, 1.54) is 0 Å². The van der Waals surface area contributed by atoms with Gasteiger partial charge in [0.25, 0.3) is 0 Å². The lowest BCUT2D eigenvalue weighted by Gasteiger charge is -2.13. The van der Waals surface area contributed by atoms with Crippen molar-refractivity contribution >= 4 is 62.1 Å². The molecule has 1 aromatic heterocycles. The SMILES string of the molecule is Nc1ccc(Nc2nc(Nc3cccc4ccccc34)nc(Nc3cccc4ccccc34)n2)cc1. The van der Waals surface area contributed by atoms with Gasteiger partial charge in [-0.3, -0.25) is 0 Å². The highest BCUT2D eigenvalue weighted by Crippen LogP contribution is 2.28. The number of aromatic nitrogens is 3. The summed E-state index contributed by atoms with van der Waals surface area (Å²) < 4.78 is 0. The van der Waals surface area contributed by atoms with Crippen molar-refractivity contribution in [3.05, 3.63) is 109 Å². The van der Waals surface area contributed by atoms with Crippen LogP contribution in [-0.4, -0.2) is 15.0 Å². The van der Waals surface area contributed by atoms with Crippen molar-refractivity contribution < 1.29 is 0 Å². The Kier molecular flexibility index (Phi) is 5.48. The first kappa shape index (κ1) is 21.4. The lowest BCUT2D eigenvalue weighted by atomic mass is 10.1. The number of nitrogens with two attached hydrogens (primary N) is 1. The molecule has 7 heteroatoms. The van der Waals surface area contributed by atoms with Crippen LogP contribution >= 0.6 is 0 Å². The Balaban J connectivity index is 1.40. The van der Waals surface area contributed by atoms with E-state index in [1.807, 2.05) is 72.8 Å². The minimum absolute atomic E-state index is 0.403. The summed E-state index contributed by atoms with van der Waals surface area (Å²) in [5.74, 6) is 1.24. The predicted octanol–water partition coefficient (Wildman–Crippen LogP) is 6.99. The summed E-state index contributed by atoms with van der Waals surface area (Å²) in [6.45, 7) is 0. The van der Waals surface area contributed by atoms with E-state index >= 15 is 0 Å². The third kappa shape index (κ3) is 4.45. The Bertz CT molecular complexity index is 1570. The molecule has 0 unspecified atom stereocenters. The van der Waals surface area contributed by atoms with Crippen LogP contribution in [0, 0.1) is 0 Å². The van der Waals surface area contributed by atoms with E-state index in [4.69, 9.17) is 5.73 Å². The Morgan fingerprint density at radius 2 is 0.889 bits per heavy atom. The van der Waals surface area contributed by atoms with Gasteiger partial charge in [-0.15, -0.1) is 0 Å². The first-order valence-corrected chi connectivity index (χ1v) is 11.6. The molecule has 36 heavy (non-hydrogen) atoms. The van der Waals surface area contributed by atoms with Gasteiger partial charge in [0.05, 0.1) is 0 Å². The van der Waals surface area contributed by atoms with E-state index in [9.17, 15) is 0 Å². The van der Waals surface area contributed by atoms with Crippen molar-refractivity contribution in [3.8, 4) is 0 Å². The molecular formula is C29H23N7. The highest BCUT2D eigenvalue weighted by Gasteiger charge is 2.11. The molecule has 6 rings (SSSR count). The monoisotopic (exact) mass is 469 g/mol. The molecule has 0 saturated carbocycles. The predicted molar refractivity (Wildman–Crippen MR) is 148 cm³/mol. The number of hydrogen-bond donors (Lipinski definition) is 4. The van der Waals surface area contributed by atoms with Gasteiger partial charge in [0.2, 0.25) is 17.8 Å². The number of rotatable bonds is 6. The van der Waals surface area contributed by atoms with Crippen LogP contribution in [0.25, 0.3) is 21.5 Å². The summed E-state index contributed by atoms with van der Waals surface area (Å²) in [4.78, 5) is 14.0. The highest BCUT2D eigenvalue weighted by molar-refractivity contribution is 5.96. The number of anilines is 7. The number of nitrogens with one attached hydrogen (secondary N) is 3. The standard InChI is InChI=1S/C29H23N7/c30-21-15-17-22(18-16-21)31-27-34-28(32-25-13-5-9-19-7-1-3-11-23(19)25)36-29(35-27)33-26-14-6-10-20-8-2-4-12-24(20)26/h1-18H,30H2,(H3,31,32,33,34,35,36). The molecule has 5 N–H and O–H groups in total. The zero-order valence-corrected chi connectivity index (χ0v) is 19.3. The molecule has 6 aromatic rings. The van der Waals surface area contributed by atoms with Gasteiger partial charge in [-0.25, -0.2) is 0 Å². The molecule has 0 aliphatic carbocycles. The number of nitrogen functional groups attached to an aromatic ring is 1. The number of nitrogens with zero attached hydrogens (tertiary/aromatic N) is 3. The second-order valence-corrected chi connectivity index (χ2v) is 8.36. The molecular weight excluding hydrogens is 446 g/mol. The van der Waals surface area contributed by atoms with Gasteiger partial charge in [0.1, 0.15) is 0 Å². The zero-order chi connectivity index (χ0) is 24.3. The molecule has 0 radical (unpaired) electrons. The van der Waals surface area contributed by atoms with Crippen LogP contribution in [0.4, 0.5) is 40.6 Å². The van der Waals surface area contributed by atoms with Crippen LogP contribution < -0.4 is 21.7 Å². The van der Waals surface area contributed by atoms with Gasteiger partial charge >= 0.3 is 0 Å². The lowest BCUT2D eigenvalue weighted by Crippen LogP contribution is -2.07. The van der Waals surface area contributed by atoms with Crippen LogP contribution in [0.15, 0.2) is 109 Å². The average Bonchev–Trinajstić information content (AvgIpc) is 2.90. The van der Waals surface area contributed by atoms with Crippen molar-refractivity contribution in [1.82, 2.24) is 15.0 Å². The summed E-state index contributed by atoms with van der Waals surface area (Å²) >= 11 is 0. The second kappa shape index (κ2) is 9.23. The van der Waals surface area contributed by atoms with Crippen LogP contribution in [-0.2, 0) is 0 Å². The Morgan fingerprint density at radius 3 is 1.42 bits per heavy atom. The molecule has 7 nitrogen and oxygen atoms in total. The van der Waals surface area contributed by atoms with Crippen molar-refractivity contribution in [2.75, 3.05) is 21.7 Å². The molecule has 0 saturated heterocycles. The lowest BCUT2D eigenvalue weighted by molar-refractivity contribution is 1.07. The molecule has 0 aliphatic heterocycles. The van der Waals surface area contributed by atoms with Crippen molar-refractivity contribution in [2.24, 2.45) is 0 Å². The molecule has 174 valence electrons. The van der Waals surface area contributed by atoms with E-state index in [-0.39, 0.29) is 0 Å². The third-order valence-corrected chi connectivity index (χ3v) is 5.87. The number of fused-ring (bicyclic) bond motifs is 2. The van der Waals surface area contributed by atoms with E-state index < -0.39 is 0 Å². The Morgan fingerprint density at radius 1 is 0.444 bits per heavy atom. The van der Waals surface area contributed by atoms with Gasteiger partial charge in [0, 0.05) is 33.5 Å².